The molecule has 2 aliphatic heterocycles. The highest BCUT2D eigenvalue weighted by Crippen LogP contribution is 2.33. The van der Waals surface area contributed by atoms with Crippen LogP contribution < -0.4 is 20.1 Å². The van der Waals surface area contributed by atoms with Crippen LogP contribution in [0, 0.1) is 5.92 Å². The lowest BCUT2D eigenvalue weighted by molar-refractivity contribution is -0.121. The number of hydrogen-bond acceptors (Lipinski definition) is 4. The molecule has 1 aromatic carbocycles. The molecular weight excluding hydrogens is 356 g/mol. The maximum Gasteiger partial charge on any atom is 0.220 e. The van der Waals surface area contributed by atoms with Gasteiger partial charge in [0.05, 0.1) is 19.8 Å². The molecule has 1 amide bonds. The number of para-hydroxylation sites is 1. The highest BCUT2D eigenvalue weighted by molar-refractivity contribution is 5.80. The van der Waals surface area contributed by atoms with E-state index < -0.39 is 0 Å². The first kappa shape index (κ1) is 20.3. The first-order chi connectivity index (χ1) is 13.7. The van der Waals surface area contributed by atoms with Gasteiger partial charge < -0.3 is 25.0 Å². The van der Waals surface area contributed by atoms with E-state index >= 15 is 0 Å². The van der Waals surface area contributed by atoms with Gasteiger partial charge in [-0.1, -0.05) is 12.1 Å². The Kier molecular flexibility index (Phi) is 7.39. The standard InChI is InChI=1S/C21H32N4O3/c1-3-23-21(25-10-8-16(9-11-25)14-19(26)22-2)24-15-17-6-4-7-18-20(17)28-13-5-12-27-18/h4,6-7,16H,3,5,8-15H2,1-2H3,(H,22,26)(H,23,24). The van der Waals surface area contributed by atoms with Crippen molar-refractivity contribution in [3.63, 3.8) is 0 Å². The molecule has 1 fully saturated rings. The summed E-state index contributed by atoms with van der Waals surface area (Å²) >= 11 is 0. The smallest absolute Gasteiger partial charge is 0.220 e. The van der Waals surface area contributed by atoms with Gasteiger partial charge in [-0.2, -0.15) is 0 Å². The van der Waals surface area contributed by atoms with E-state index in [2.05, 4.69) is 28.5 Å². The Morgan fingerprint density at radius 1 is 1.25 bits per heavy atom. The second-order valence-electron chi connectivity index (χ2n) is 7.27. The Morgan fingerprint density at radius 3 is 2.79 bits per heavy atom. The quantitative estimate of drug-likeness (QED) is 0.597. The fourth-order valence-electron chi connectivity index (χ4n) is 3.68. The van der Waals surface area contributed by atoms with Gasteiger partial charge in [0.15, 0.2) is 17.5 Å². The number of benzene rings is 1. The Morgan fingerprint density at radius 2 is 2.04 bits per heavy atom. The predicted molar refractivity (Wildman–Crippen MR) is 110 cm³/mol. The third-order valence-corrected chi connectivity index (χ3v) is 5.25. The zero-order chi connectivity index (χ0) is 19.8. The molecule has 3 rings (SSSR count). The average molecular weight is 389 g/mol. The molecule has 0 saturated carbocycles. The summed E-state index contributed by atoms with van der Waals surface area (Å²) in [7, 11) is 1.70. The Bertz CT molecular complexity index is 684. The number of amides is 1. The maximum atomic E-state index is 11.6. The number of hydrogen-bond donors (Lipinski definition) is 2. The van der Waals surface area contributed by atoms with E-state index in [1.54, 1.807) is 7.05 Å². The fourth-order valence-corrected chi connectivity index (χ4v) is 3.68. The third kappa shape index (κ3) is 5.30. The molecule has 28 heavy (non-hydrogen) atoms. The van der Waals surface area contributed by atoms with Gasteiger partial charge in [0, 0.05) is 45.1 Å². The van der Waals surface area contributed by atoms with Crippen LogP contribution in [0.15, 0.2) is 23.2 Å². The van der Waals surface area contributed by atoms with E-state index in [1.807, 2.05) is 12.1 Å². The van der Waals surface area contributed by atoms with Gasteiger partial charge in [-0.05, 0) is 31.7 Å². The van der Waals surface area contributed by atoms with Gasteiger partial charge in [-0.25, -0.2) is 4.99 Å². The van der Waals surface area contributed by atoms with Crippen molar-refractivity contribution in [2.75, 3.05) is 39.9 Å². The van der Waals surface area contributed by atoms with E-state index in [9.17, 15) is 4.79 Å². The average Bonchev–Trinajstić information content (AvgIpc) is 2.97. The number of aliphatic imine (C=N–C) groups is 1. The number of nitrogens with zero attached hydrogens (tertiary/aromatic N) is 2. The molecule has 0 bridgehead atoms. The lowest BCUT2D eigenvalue weighted by Crippen LogP contribution is -2.46. The molecule has 7 nitrogen and oxygen atoms in total. The van der Waals surface area contributed by atoms with Crippen molar-refractivity contribution in [1.82, 2.24) is 15.5 Å². The third-order valence-electron chi connectivity index (χ3n) is 5.25. The van der Waals surface area contributed by atoms with E-state index in [1.165, 1.54) is 0 Å². The molecule has 2 heterocycles. The number of rotatable bonds is 5. The number of piperidine rings is 1. The molecule has 2 N–H and O–H groups in total. The molecule has 0 spiro atoms. The summed E-state index contributed by atoms with van der Waals surface area (Å²) < 4.78 is 11.7. The van der Waals surface area contributed by atoms with Crippen LogP contribution in [0.2, 0.25) is 0 Å². The molecule has 0 radical (unpaired) electrons. The van der Waals surface area contributed by atoms with Crippen LogP contribution in [0.1, 0.15) is 38.2 Å². The molecule has 154 valence electrons. The van der Waals surface area contributed by atoms with E-state index in [0.717, 1.165) is 61.9 Å². The molecule has 2 aliphatic rings. The highest BCUT2D eigenvalue weighted by atomic mass is 16.5. The molecule has 0 atom stereocenters. The summed E-state index contributed by atoms with van der Waals surface area (Å²) in [4.78, 5) is 18.8. The van der Waals surface area contributed by atoms with Crippen molar-refractivity contribution in [3.8, 4) is 11.5 Å². The number of carbonyl (C=O) groups excluding carboxylic acids is 1. The molecule has 7 heteroatoms. The van der Waals surface area contributed by atoms with Crippen LogP contribution in [0.5, 0.6) is 11.5 Å². The van der Waals surface area contributed by atoms with Crippen molar-refractivity contribution < 1.29 is 14.3 Å². The first-order valence-corrected chi connectivity index (χ1v) is 10.3. The summed E-state index contributed by atoms with van der Waals surface area (Å²) in [6.07, 6.45) is 3.53. The molecular formula is C21H32N4O3. The number of guanidine groups is 1. The fraction of sp³-hybridized carbons (Fsp3) is 0.619. The zero-order valence-electron chi connectivity index (χ0n) is 17.0. The maximum absolute atomic E-state index is 11.6. The number of fused-ring (bicyclic) bond motifs is 1. The molecule has 1 saturated heterocycles. The van der Waals surface area contributed by atoms with Gasteiger partial charge in [0.2, 0.25) is 5.91 Å². The van der Waals surface area contributed by atoms with Gasteiger partial charge in [-0.15, -0.1) is 0 Å². The van der Waals surface area contributed by atoms with Crippen molar-refractivity contribution >= 4 is 11.9 Å². The largest absolute Gasteiger partial charge is 0.490 e. The number of nitrogens with one attached hydrogen (secondary N) is 2. The Balaban J connectivity index is 1.65. The monoisotopic (exact) mass is 388 g/mol. The number of likely N-dealkylation sites (tertiary alicyclic amines) is 1. The molecule has 0 aliphatic carbocycles. The summed E-state index contributed by atoms with van der Waals surface area (Å²) in [6.45, 7) is 6.65. The lowest BCUT2D eigenvalue weighted by Gasteiger charge is -2.34. The van der Waals surface area contributed by atoms with E-state index in [0.29, 0.717) is 32.1 Å². The van der Waals surface area contributed by atoms with Crippen molar-refractivity contribution in [2.24, 2.45) is 10.9 Å². The van der Waals surface area contributed by atoms with Gasteiger partial charge in [-0.3, -0.25) is 4.79 Å². The molecule has 1 aromatic rings. The SMILES string of the molecule is CCNC(=NCc1cccc2c1OCCCO2)N1CCC(CC(=O)NC)CC1. The summed E-state index contributed by atoms with van der Waals surface area (Å²) in [6, 6.07) is 6.00. The topological polar surface area (TPSA) is 75.2 Å². The summed E-state index contributed by atoms with van der Waals surface area (Å²) in [5.74, 6) is 3.14. The van der Waals surface area contributed by atoms with Crippen LogP contribution in [0.4, 0.5) is 0 Å². The lowest BCUT2D eigenvalue weighted by atomic mass is 9.93. The second-order valence-corrected chi connectivity index (χ2v) is 7.27. The van der Waals surface area contributed by atoms with Gasteiger partial charge >= 0.3 is 0 Å². The minimum atomic E-state index is 0.131. The Hall–Kier alpha value is -2.44. The van der Waals surface area contributed by atoms with E-state index in [-0.39, 0.29) is 5.91 Å². The molecule has 0 aromatic heterocycles. The van der Waals surface area contributed by atoms with Crippen LogP contribution in [-0.2, 0) is 11.3 Å². The molecule has 0 unspecified atom stereocenters. The normalized spacial score (nSPS) is 17.8. The Labute approximate surface area is 167 Å². The zero-order valence-corrected chi connectivity index (χ0v) is 17.0. The van der Waals surface area contributed by atoms with Crippen LogP contribution in [0.3, 0.4) is 0 Å². The van der Waals surface area contributed by atoms with Crippen LogP contribution in [-0.4, -0.2) is 56.7 Å². The van der Waals surface area contributed by atoms with Crippen LogP contribution in [0.25, 0.3) is 0 Å². The predicted octanol–water partition coefficient (Wildman–Crippen LogP) is 2.16. The number of ether oxygens (including phenoxy) is 2. The summed E-state index contributed by atoms with van der Waals surface area (Å²) in [5.41, 5.74) is 1.05. The van der Waals surface area contributed by atoms with E-state index in [4.69, 9.17) is 14.5 Å². The van der Waals surface area contributed by atoms with Crippen molar-refractivity contribution in [2.45, 2.75) is 39.2 Å². The van der Waals surface area contributed by atoms with Gasteiger partial charge in [0.1, 0.15) is 0 Å². The second kappa shape index (κ2) is 10.2. The van der Waals surface area contributed by atoms with Crippen molar-refractivity contribution in [3.05, 3.63) is 23.8 Å². The minimum absolute atomic E-state index is 0.131. The van der Waals surface area contributed by atoms with Crippen LogP contribution >= 0.6 is 0 Å². The highest BCUT2D eigenvalue weighted by Gasteiger charge is 2.23. The first-order valence-electron chi connectivity index (χ1n) is 10.3. The van der Waals surface area contributed by atoms with Gasteiger partial charge in [0.25, 0.3) is 0 Å². The minimum Gasteiger partial charge on any atom is -0.490 e. The number of carbonyl (C=O) groups is 1. The summed E-state index contributed by atoms with van der Waals surface area (Å²) in [5, 5.41) is 6.13. The van der Waals surface area contributed by atoms with Crippen molar-refractivity contribution in [1.29, 1.82) is 0 Å².